The Kier molecular flexibility index (Phi) is 6.28. The molecule has 1 aliphatic heterocycles. The maximum absolute atomic E-state index is 13.1. The Morgan fingerprint density at radius 3 is 2.53 bits per heavy atom. The zero-order valence-electron chi connectivity index (χ0n) is 18.0. The first-order valence-electron chi connectivity index (χ1n) is 10.4. The standard InChI is InChI=1S/C25H20F4N2O3/c1-15-24(33)31(13-16-3-2-4-19(11-16)25(27,28)29)14-18-12-21(9-10-22(18)34-15)30-23(32)17-5-7-20(26)8-6-17/h2-12,15H,13-14H2,1H3,(H,30,32)/t15-/m1/s1. The minimum absolute atomic E-state index is 0.0396. The van der Waals surface area contributed by atoms with Crippen LogP contribution in [-0.2, 0) is 24.1 Å². The van der Waals surface area contributed by atoms with E-state index in [1.54, 1.807) is 25.1 Å². The molecule has 5 nitrogen and oxygen atoms in total. The van der Waals surface area contributed by atoms with Crippen LogP contribution in [0.5, 0.6) is 5.75 Å². The number of fused-ring (bicyclic) bond motifs is 1. The molecule has 0 saturated heterocycles. The van der Waals surface area contributed by atoms with E-state index in [4.69, 9.17) is 4.74 Å². The van der Waals surface area contributed by atoms with Gasteiger partial charge < -0.3 is 15.0 Å². The van der Waals surface area contributed by atoms with E-state index in [9.17, 15) is 27.2 Å². The summed E-state index contributed by atoms with van der Waals surface area (Å²) < 4.78 is 58.1. The second-order valence-electron chi connectivity index (χ2n) is 7.94. The van der Waals surface area contributed by atoms with Crippen molar-refractivity contribution in [2.75, 3.05) is 5.32 Å². The van der Waals surface area contributed by atoms with E-state index in [0.717, 1.165) is 12.1 Å². The Hall–Kier alpha value is -3.88. The van der Waals surface area contributed by atoms with Gasteiger partial charge >= 0.3 is 6.18 Å². The highest BCUT2D eigenvalue weighted by atomic mass is 19.4. The van der Waals surface area contributed by atoms with E-state index in [0.29, 0.717) is 22.6 Å². The summed E-state index contributed by atoms with van der Waals surface area (Å²) in [4.78, 5) is 26.7. The normalized spacial score (nSPS) is 15.9. The Morgan fingerprint density at radius 1 is 1.09 bits per heavy atom. The van der Waals surface area contributed by atoms with Gasteiger partial charge in [0.25, 0.3) is 11.8 Å². The zero-order chi connectivity index (χ0) is 24.5. The highest BCUT2D eigenvalue weighted by Gasteiger charge is 2.32. The summed E-state index contributed by atoms with van der Waals surface area (Å²) in [5.74, 6) is -0.837. The number of nitrogens with one attached hydrogen (secondary N) is 1. The van der Waals surface area contributed by atoms with Crippen LogP contribution in [0.2, 0.25) is 0 Å². The minimum atomic E-state index is -4.49. The molecule has 1 N–H and O–H groups in total. The maximum Gasteiger partial charge on any atom is 0.416 e. The van der Waals surface area contributed by atoms with Gasteiger partial charge in [-0.25, -0.2) is 4.39 Å². The third-order valence-electron chi connectivity index (χ3n) is 5.38. The van der Waals surface area contributed by atoms with Crippen LogP contribution in [0.1, 0.15) is 34.0 Å². The summed E-state index contributed by atoms with van der Waals surface area (Å²) in [6, 6.07) is 14.8. The molecule has 0 radical (unpaired) electrons. The van der Waals surface area contributed by atoms with Crippen molar-refractivity contribution in [2.24, 2.45) is 0 Å². The van der Waals surface area contributed by atoms with Crippen LogP contribution in [0.25, 0.3) is 0 Å². The number of alkyl halides is 3. The van der Waals surface area contributed by atoms with Crippen LogP contribution in [0, 0.1) is 5.82 Å². The molecule has 2 amide bonds. The van der Waals surface area contributed by atoms with Gasteiger partial charge in [-0.05, 0) is 67.1 Å². The predicted octanol–water partition coefficient (Wildman–Crippen LogP) is 5.41. The molecule has 34 heavy (non-hydrogen) atoms. The number of rotatable bonds is 4. The molecule has 0 spiro atoms. The number of hydrogen-bond acceptors (Lipinski definition) is 3. The van der Waals surface area contributed by atoms with Crippen LogP contribution in [0.3, 0.4) is 0 Å². The number of halogens is 4. The lowest BCUT2D eigenvalue weighted by molar-refractivity contribution is -0.138. The van der Waals surface area contributed by atoms with Crippen LogP contribution >= 0.6 is 0 Å². The number of amides is 2. The Bertz CT molecular complexity index is 1230. The molecule has 4 rings (SSSR count). The Morgan fingerprint density at radius 2 is 1.82 bits per heavy atom. The van der Waals surface area contributed by atoms with Gasteiger partial charge in [-0.2, -0.15) is 13.2 Å². The van der Waals surface area contributed by atoms with Crippen LogP contribution < -0.4 is 10.1 Å². The second kappa shape index (κ2) is 9.17. The fraction of sp³-hybridized carbons (Fsp3) is 0.200. The van der Waals surface area contributed by atoms with Crippen molar-refractivity contribution in [3.8, 4) is 5.75 Å². The molecule has 0 bridgehead atoms. The summed E-state index contributed by atoms with van der Waals surface area (Å²) >= 11 is 0. The number of hydrogen-bond donors (Lipinski definition) is 1. The molecule has 0 aromatic heterocycles. The minimum Gasteiger partial charge on any atom is -0.481 e. The van der Waals surface area contributed by atoms with Crippen LogP contribution in [0.15, 0.2) is 66.7 Å². The molecule has 1 aliphatic rings. The topological polar surface area (TPSA) is 58.6 Å². The first-order valence-corrected chi connectivity index (χ1v) is 10.4. The predicted molar refractivity (Wildman–Crippen MR) is 117 cm³/mol. The van der Waals surface area contributed by atoms with Gasteiger partial charge in [0.2, 0.25) is 0 Å². The highest BCUT2D eigenvalue weighted by molar-refractivity contribution is 6.04. The molecular weight excluding hydrogens is 452 g/mol. The number of benzene rings is 3. The summed E-state index contributed by atoms with van der Waals surface area (Å²) in [6.07, 6.45) is -5.33. The van der Waals surface area contributed by atoms with E-state index in [-0.39, 0.29) is 24.6 Å². The lowest BCUT2D eigenvalue weighted by Gasteiger charge is -2.22. The molecule has 3 aromatic carbocycles. The first kappa shape index (κ1) is 23.3. The number of nitrogens with zero attached hydrogens (tertiary/aromatic N) is 1. The van der Waals surface area contributed by atoms with Gasteiger partial charge in [0.05, 0.1) is 5.56 Å². The summed E-state index contributed by atoms with van der Waals surface area (Å²) in [7, 11) is 0. The largest absolute Gasteiger partial charge is 0.481 e. The second-order valence-corrected chi connectivity index (χ2v) is 7.94. The Balaban J connectivity index is 1.56. The van der Waals surface area contributed by atoms with Crippen molar-refractivity contribution in [3.63, 3.8) is 0 Å². The van der Waals surface area contributed by atoms with Gasteiger partial charge in [0, 0.05) is 29.9 Å². The van der Waals surface area contributed by atoms with Gasteiger partial charge in [0.15, 0.2) is 6.10 Å². The fourth-order valence-corrected chi connectivity index (χ4v) is 3.68. The van der Waals surface area contributed by atoms with Crippen molar-refractivity contribution < 1.29 is 31.9 Å². The van der Waals surface area contributed by atoms with Gasteiger partial charge in [-0.1, -0.05) is 12.1 Å². The smallest absolute Gasteiger partial charge is 0.416 e. The monoisotopic (exact) mass is 472 g/mol. The van der Waals surface area contributed by atoms with E-state index in [1.165, 1.54) is 41.3 Å². The van der Waals surface area contributed by atoms with E-state index in [2.05, 4.69) is 5.32 Å². The maximum atomic E-state index is 13.1. The van der Waals surface area contributed by atoms with E-state index in [1.807, 2.05) is 0 Å². The average molecular weight is 472 g/mol. The van der Waals surface area contributed by atoms with Crippen molar-refractivity contribution in [1.29, 1.82) is 0 Å². The lowest BCUT2D eigenvalue weighted by atomic mass is 10.1. The Labute approximate surface area is 193 Å². The fourth-order valence-electron chi connectivity index (χ4n) is 3.68. The van der Waals surface area contributed by atoms with E-state index >= 15 is 0 Å². The molecule has 0 fully saturated rings. The molecule has 3 aromatic rings. The molecule has 176 valence electrons. The SMILES string of the molecule is C[C@H]1Oc2ccc(NC(=O)c3ccc(F)cc3)cc2CN(Cc2cccc(C(F)(F)F)c2)C1=O. The number of anilines is 1. The van der Waals surface area contributed by atoms with Crippen molar-refractivity contribution in [3.05, 3.63) is 94.8 Å². The number of ether oxygens (including phenoxy) is 1. The van der Waals surface area contributed by atoms with Crippen molar-refractivity contribution in [1.82, 2.24) is 4.90 Å². The molecule has 0 unspecified atom stereocenters. The number of carbonyl (C=O) groups is 2. The van der Waals surface area contributed by atoms with Crippen molar-refractivity contribution in [2.45, 2.75) is 32.3 Å². The summed E-state index contributed by atoms with van der Waals surface area (Å²) in [5, 5.41) is 2.71. The molecular formula is C25H20F4N2O3. The average Bonchev–Trinajstić information content (AvgIpc) is 2.90. The van der Waals surface area contributed by atoms with E-state index < -0.39 is 29.6 Å². The third kappa shape index (κ3) is 5.19. The summed E-state index contributed by atoms with van der Waals surface area (Å²) in [5.41, 5.74) is 0.823. The van der Waals surface area contributed by atoms with Gasteiger partial charge in [-0.3, -0.25) is 9.59 Å². The van der Waals surface area contributed by atoms with Crippen molar-refractivity contribution >= 4 is 17.5 Å². The first-order chi connectivity index (χ1) is 16.1. The quantitative estimate of drug-likeness (QED) is 0.517. The van der Waals surface area contributed by atoms with Gasteiger partial charge in [-0.15, -0.1) is 0 Å². The number of carbonyl (C=O) groups excluding carboxylic acids is 2. The zero-order valence-corrected chi connectivity index (χ0v) is 18.0. The van der Waals surface area contributed by atoms with Crippen LogP contribution in [0.4, 0.5) is 23.2 Å². The lowest BCUT2D eigenvalue weighted by Crippen LogP contribution is -2.37. The molecule has 0 aliphatic carbocycles. The molecule has 0 saturated carbocycles. The third-order valence-corrected chi connectivity index (χ3v) is 5.38. The molecule has 1 heterocycles. The highest BCUT2D eigenvalue weighted by Crippen LogP contribution is 2.32. The van der Waals surface area contributed by atoms with Gasteiger partial charge in [0.1, 0.15) is 11.6 Å². The van der Waals surface area contributed by atoms with Crippen LogP contribution in [-0.4, -0.2) is 22.8 Å². The molecule has 1 atom stereocenters. The summed E-state index contributed by atoms with van der Waals surface area (Å²) in [6.45, 7) is 1.61. The molecule has 9 heteroatoms.